The van der Waals surface area contributed by atoms with Crippen LogP contribution in [0.15, 0.2) is 54.6 Å². The van der Waals surface area contributed by atoms with Gasteiger partial charge in [0.2, 0.25) is 11.8 Å². The largest absolute Gasteiger partial charge is 0.466 e. The minimum atomic E-state index is -1.03. The van der Waals surface area contributed by atoms with Crippen molar-refractivity contribution in [1.82, 2.24) is 15.5 Å². The maximum atomic E-state index is 14.6. The lowest BCUT2D eigenvalue weighted by atomic mass is 9.90. The molecule has 2 aromatic carbocycles. The van der Waals surface area contributed by atoms with Gasteiger partial charge in [0.15, 0.2) is 0 Å². The van der Waals surface area contributed by atoms with Crippen LogP contribution in [0.2, 0.25) is 0 Å². The van der Waals surface area contributed by atoms with Crippen LogP contribution in [0, 0.1) is 6.92 Å². The van der Waals surface area contributed by atoms with E-state index in [0.717, 1.165) is 11.1 Å². The SMILES string of the molecule is CCOC(=O)CCNC(=O)C(c1cccc(C)c1)N(C(=O)C(Cc1ccccc1)NC(=O)OC(C)(C)C)C(C)(C)CC. The Morgan fingerprint density at radius 3 is 2.17 bits per heavy atom. The second kappa shape index (κ2) is 15.4. The second-order valence-corrected chi connectivity index (χ2v) is 11.9. The van der Waals surface area contributed by atoms with Crippen molar-refractivity contribution in [2.45, 2.75) is 97.9 Å². The quantitative estimate of drug-likeness (QED) is 0.312. The third-order valence-electron chi connectivity index (χ3n) is 6.82. The molecule has 0 bridgehead atoms. The molecule has 0 fully saturated rings. The lowest BCUT2D eigenvalue weighted by Gasteiger charge is -2.44. The molecule has 2 aromatic rings. The van der Waals surface area contributed by atoms with Gasteiger partial charge in [0.05, 0.1) is 13.0 Å². The molecule has 0 aliphatic rings. The lowest BCUT2D eigenvalue weighted by molar-refractivity contribution is -0.149. The van der Waals surface area contributed by atoms with Crippen molar-refractivity contribution in [2.24, 2.45) is 0 Å². The highest BCUT2D eigenvalue weighted by atomic mass is 16.6. The predicted molar refractivity (Wildman–Crippen MR) is 163 cm³/mol. The number of alkyl carbamates (subject to hydrolysis) is 1. The normalized spacial score (nSPS) is 13.0. The average molecular weight is 582 g/mol. The van der Waals surface area contributed by atoms with Gasteiger partial charge in [-0.1, -0.05) is 67.1 Å². The van der Waals surface area contributed by atoms with Gasteiger partial charge in [-0.3, -0.25) is 14.4 Å². The predicted octanol–water partition coefficient (Wildman–Crippen LogP) is 5.26. The third-order valence-corrected chi connectivity index (χ3v) is 6.82. The van der Waals surface area contributed by atoms with Gasteiger partial charge in [-0.05, 0) is 66.0 Å². The van der Waals surface area contributed by atoms with E-state index >= 15 is 0 Å². The third kappa shape index (κ3) is 10.5. The van der Waals surface area contributed by atoms with Crippen LogP contribution in [0.25, 0.3) is 0 Å². The van der Waals surface area contributed by atoms with Gasteiger partial charge in [-0.25, -0.2) is 4.79 Å². The number of aryl methyl sites for hydroxylation is 1. The first kappa shape index (κ1) is 34.3. The molecule has 2 unspecified atom stereocenters. The van der Waals surface area contributed by atoms with Crippen molar-refractivity contribution in [1.29, 1.82) is 0 Å². The summed E-state index contributed by atoms with van der Waals surface area (Å²) in [4.78, 5) is 55.0. The van der Waals surface area contributed by atoms with E-state index in [1.54, 1.807) is 32.6 Å². The van der Waals surface area contributed by atoms with E-state index < -0.39 is 47.1 Å². The van der Waals surface area contributed by atoms with Gasteiger partial charge in [0.25, 0.3) is 0 Å². The Morgan fingerprint density at radius 1 is 0.929 bits per heavy atom. The number of hydrogen-bond acceptors (Lipinski definition) is 6. The summed E-state index contributed by atoms with van der Waals surface area (Å²) in [5.74, 6) is -1.28. The molecule has 230 valence electrons. The van der Waals surface area contributed by atoms with Crippen molar-refractivity contribution in [3.63, 3.8) is 0 Å². The zero-order chi connectivity index (χ0) is 31.5. The van der Waals surface area contributed by atoms with E-state index in [2.05, 4.69) is 10.6 Å². The van der Waals surface area contributed by atoms with E-state index in [9.17, 15) is 19.2 Å². The maximum Gasteiger partial charge on any atom is 0.408 e. The Bertz CT molecular complexity index is 1210. The maximum absolute atomic E-state index is 14.6. The fourth-order valence-corrected chi connectivity index (χ4v) is 4.49. The first-order valence-corrected chi connectivity index (χ1v) is 14.5. The van der Waals surface area contributed by atoms with Gasteiger partial charge in [-0.15, -0.1) is 0 Å². The summed E-state index contributed by atoms with van der Waals surface area (Å²) < 4.78 is 10.5. The number of carbonyl (C=O) groups excluding carboxylic acids is 4. The molecule has 0 heterocycles. The first-order valence-electron chi connectivity index (χ1n) is 14.5. The lowest BCUT2D eigenvalue weighted by Crippen LogP contribution is -2.60. The van der Waals surface area contributed by atoms with Crippen molar-refractivity contribution < 1.29 is 28.7 Å². The van der Waals surface area contributed by atoms with E-state index in [4.69, 9.17) is 9.47 Å². The molecule has 0 aliphatic carbocycles. The Labute approximate surface area is 250 Å². The molecule has 0 saturated carbocycles. The van der Waals surface area contributed by atoms with E-state index in [0.29, 0.717) is 12.0 Å². The average Bonchev–Trinajstić information content (AvgIpc) is 2.90. The summed E-state index contributed by atoms with van der Waals surface area (Å²) in [6.07, 6.45) is 0.00117. The van der Waals surface area contributed by atoms with Crippen molar-refractivity contribution >= 4 is 23.9 Å². The molecule has 3 amide bonds. The van der Waals surface area contributed by atoms with Crippen molar-refractivity contribution in [3.8, 4) is 0 Å². The highest BCUT2D eigenvalue weighted by Gasteiger charge is 2.43. The molecule has 0 radical (unpaired) electrons. The van der Waals surface area contributed by atoms with Gasteiger partial charge >= 0.3 is 12.1 Å². The number of hydrogen-bond donors (Lipinski definition) is 2. The number of nitrogens with zero attached hydrogens (tertiary/aromatic N) is 1. The molecule has 0 aliphatic heterocycles. The molecular weight excluding hydrogens is 534 g/mol. The zero-order valence-electron chi connectivity index (χ0n) is 26.3. The summed E-state index contributed by atoms with van der Waals surface area (Å²) in [6.45, 7) is 14.9. The number of ether oxygens (including phenoxy) is 2. The minimum Gasteiger partial charge on any atom is -0.466 e. The molecule has 0 aromatic heterocycles. The Balaban J connectivity index is 2.58. The summed E-state index contributed by atoms with van der Waals surface area (Å²) >= 11 is 0. The van der Waals surface area contributed by atoms with Crippen LogP contribution in [-0.2, 0) is 30.3 Å². The molecule has 9 nitrogen and oxygen atoms in total. The second-order valence-electron chi connectivity index (χ2n) is 11.9. The number of esters is 1. The fraction of sp³-hybridized carbons (Fsp3) is 0.515. The zero-order valence-corrected chi connectivity index (χ0v) is 26.3. The van der Waals surface area contributed by atoms with Gasteiger partial charge in [0, 0.05) is 18.5 Å². The summed E-state index contributed by atoms with van der Waals surface area (Å²) in [5.41, 5.74) is 0.817. The van der Waals surface area contributed by atoms with Crippen molar-refractivity contribution in [3.05, 3.63) is 71.3 Å². The number of amides is 3. The molecule has 2 N–H and O–H groups in total. The Hall–Kier alpha value is -3.88. The summed E-state index contributed by atoms with van der Waals surface area (Å²) in [5, 5.41) is 5.62. The van der Waals surface area contributed by atoms with E-state index in [1.165, 1.54) is 0 Å². The van der Waals surface area contributed by atoms with Crippen LogP contribution >= 0.6 is 0 Å². The standard InChI is InChI=1S/C33H47N3O6/c1-9-33(7,8)36(28(25-18-14-15-23(3)21-25)29(38)34-20-19-27(37)41-10-2)30(39)26(22-24-16-12-11-13-17-24)35-31(40)42-32(4,5)6/h11-18,21,26,28H,9-10,19-20,22H2,1-8H3,(H,34,38)(H,35,40). The molecule has 42 heavy (non-hydrogen) atoms. The fourth-order valence-electron chi connectivity index (χ4n) is 4.49. The molecule has 2 rings (SSSR count). The van der Waals surface area contributed by atoms with Gasteiger partial charge < -0.3 is 25.0 Å². The molecule has 2 atom stereocenters. The van der Waals surface area contributed by atoms with Crippen molar-refractivity contribution in [2.75, 3.05) is 13.2 Å². The van der Waals surface area contributed by atoms with Crippen LogP contribution in [0.3, 0.4) is 0 Å². The van der Waals surface area contributed by atoms with Crippen LogP contribution < -0.4 is 10.6 Å². The smallest absolute Gasteiger partial charge is 0.408 e. The number of benzene rings is 2. The van der Waals surface area contributed by atoms with Crippen LogP contribution in [0.1, 0.15) is 84.0 Å². The number of carbonyl (C=O) groups is 4. The number of rotatable bonds is 13. The highest BCUT2D eigenvalue weighted by Crippen LogP contribution is 2.33. The van der Waals surface area contributed by atoms with Gasteiger partial charge in [0.1, 0.15) is 17.7 Å². The minimum absolute atomic E-state index is 0.00205. The van der Waals surface area contributed by atoms with Crippen LogP contribution in [0.5, 0.6) is 0 Å². The number of nitrogens with one attached hydrogen (secondary N) is 2. The highest BCUT2D eigenvalue weighted by molar-refractivity contribution is 5.93. The molecular formula is C33H47N3O6. The van der Waals surface area contributed by atoms with E-state index in [-0.39, 0.29) is 26.0 Å². The topological polar surface area (TPSA) is 114 Å². The summed E-state index contributed by atoms with van der Waals surface area (Å²) in [7, 11) is 0. The Kier molecular flexibility index (Phi) is 12.6. The monoisotopic (exact) mass is 581 g/mol. The van der Waals surface area contributed by atoms with Gasteiger partial charge in [-0.2, -0.15) is 0 Å². The molecule has 0 saturated heterocycles. The van der Waals surface area contributed by atoms with Crippen LogP contribution in [-0.4, -0.2) is 59.1 Å². The molecule has 0 spiro atoms. The molecule has 9 heteroatoms. The Morgan fingerprint density at radius 2 is 1.60 bits per heavy atom. The van der Waals surface area contributed by atoms with Crippen LogP contribution in [0.4, 0.5) is 4.79 Å². The van der Waals surface area contributed by atoms with E-state index in [1.807, 2.05) is 82.3 Å². The first-order chi connectivity index (χ1) is 19.7. The summed E-state index contributed by atoms with van der Waals surface area (Å²) in [6, 6.07) is 14.7.